The summed E-state index contributed by atoms with van der Waals surface area (Å²) in [5, 5.41) is 9.43. The molecule has 0 amide bonds. The molecular formula is C10H14N2O2S. The maximum Gasteiger partial charge on any atom is 0.316 e. The van der Waals surface area contributed by atoms with Gasteiger partial charge < -0.3 is 10.0 Å². The van der Waals surface area contributed by atoms with Gasteiger partial charge in [0.05, 0.1) is 5.51 Å². The second-order valence-electron chi connectivity index (χ2n) is 4.09. The first kappa shape index (κ1) is 10.6. The van der Waals surface area contributed by atoms with Crippen LogP contribution in [-0.2, 0) is 10.2 Å². The molecule has 1 aromatic heterocycles. The molecule has 2 rings (SSSR count). The number of nitrogens with zero attached hydrogens (tertiary/aromatic N) is 2. The monoisotopic (exact) mass is 226 g/mol. The highest BCUT2D eigenvalue weighted by molar-refractivity contribution is 7.09. The van der Waals surface area contributed by atoms with Crippen LogP contribution in [0.15, 0.2) is 11.7 Å². The molecule has 0 radical (unpaired) electrons. The second kappa shape index (κ2) is 3.90. The summed E-state index contributed by atoms with van der Waals surface area (Å²) in [4.78, 5) is 18.4. The fraction of sp³-hybridized carbons (Fsp3) is 0.600. The number of hydrogen-bond acceptors (Lipinski definition) is 4. The number of aliphatic carboxylic acids is 1. The van der Waals surface area contributed by atoms with E-state index in [-0.39, 0.29) is 0 Å². The molecule has 4 nitrogen and oxygen atoms in total. The largest absolute Gasteiger partial charge is 0.481 e. The Morgan fingerprint density at radius 1 is 1.73 bits per heavy atom. The average Bonchev–Trinajstić information content (AvgIpc) is 2.70. The van der Waals surface area contributed by atoms with Crippen LogP contribution in [0, 0.1) is 0 Å². The van der Waals surface area contributed by atoms with Crippen LogP contribution < -0.4 is 0 Å². The van der Waals surface area contributed by atoms with E-state index in [1.165, 1.54) is 11.3 Å². The quantitative estimate of drug-likeness (QED) is 0.823. The van der Waals surface area contributed by atoms with Gasteiger partial charge in [-0.15, -0.1) is 11.3 Å². The molecule has 1 aromatic rings. The number of hydrogen-bond donors (Lipinski definition) is 1. The van der Waals surface area contributed by atoms with E-state index in [0.29, 0.717) is 6.54 Å². The lowest BCUT2D eigenvalue weighted by Crippen LogP contribution is -2.49. The van der Waals surface area contributed by atoms with Crippen molar-refractivity contribution >= 4 is 17.3 Å². The molecule has 1 N–H and O–H groups in total. The summed E-state index contributed by atoms with van der Waals surface area (Å²) < 4.78 is 0. The van der Waals surface area contributed by atoms with Crippen molar-refractivity contribution in [2.75, 3.05) is 20.1 Å². The van der Waals surface area contributed by atoms with E-state index in [2.05, 4.69) is 9.88 Å². The first-order valence-electron chi connectivity index (χ1n) is 4.96. The third-order valence-corrected chi connectivity index (χ3v) is 3.97. The Labute approximate surface area is 92.6 Å². The lowest BCUT2D eigenvalue weighted by Gasteiger charge is -2.37. The van der Waals surface area contributed by atoms with Gasteiger partial charge in [-0.2, -0.15) is 0 Å². The van der Waals surface area contributed by atoms with Crippen molar-refractivity contribution in [3.8, 4) is 0 Å². The number of carbonyl (C=O) groups is 1. The predicted octanol–water partition coefficient (Wildman–Crippen LogP) is 1.19. The Morgan fingerprint density at radius 3 is 3.07 bits per heavy atom. The van der Waals surface area contributed by atoms with Gasteiger partial charge in [0.2, 0.25) is 0 Å². The Balaban J connectivity index is 2.36. The maximum absolute atomic E-state index is 11.5. The summed E-state index contributed by atoms with van der Waals surface area (Å²) in [6, 6.07) is 0. The number of piperidine rings is 1. The highest BCUT2D eigenvalue weighted by atomic mass is 32.1. The minimum atomic E-state index is -0.728. The Hall–Kier alpha value is -0.940. The van der Waals surface area contributed by atoms with Gasteiger partial charge in [-0.1, -0.05) is 0 Å². The third-order valence-electron chi connectivity index (χ3n) is 3.00. The van der Waals surface area contributed by atoms with Crippen LogP contribution in [0.5, 0.6) is 0 Å². The van der Waals surface area contributed by atoms with Crippen molar-refractivity contribution in [2.24, 2.45) is 0 Å². The molecule has 15 heavy (non-hydrogen) atoms. The van der Waals surface area contributed by atoms with Crippen LogP contribution >= 0.6 is 11.3 Å². The fourth-order valence-electron chi connectivity index (χ4n) is 2.20. The van der Waals surface area contributed by atoms with Gasteiger partial charge in [-0.05, 0) is 26.4 Å². The number of thiazole rings is 1. The molecule has 0 saturated carbocycles. The van der Waals surface area contributed by atoms with Gasteiger partial charge in [0.15, 0.2) is 0 Å². The second-order valence-corrected chi connectivity index (χ2v) is 4.98. The minimum absolute atomic E-state index is 0.588. The Kier molecular flexibility index (Phi) is 2.75. The Morgan fingerprint density at radius 2 is 2.53 bits per heavy atom. The number of aromatic nitrogens is 1. The van der Waals surface area contributed by atoms with E-state index in [9.17, 15) is 9.90 Å². The van der Waals surface area contributed by atoms with Crippen LogP contribution in [0.2, 0.25) is 0 Å². The highest BCUT2D eigenvalue weighted by Crippen LogP contribution is 2.35. The summed E-state index contributed by atoms with van der Waals surface area (Å²) in [5.74, 6) is -0.724. The summed E-state index contributed by atoms with van der Waals surface area (Å²) in [7, 11) is 1.97. The average molecular weight is 226 g/mol. The van der Waals surface area contributed by atoms with Crippen LogP contribution in [0.4, 0.5) is 0 Å². The zero-order valence-electron chi connectivity index (χ0n) is 8.64. The Bertz CT molecular complexity index is 352. The van der Waals surface area contributed by atoms with Crippen molar-refractivity contribution in [3.63, 3.8) is 0 Å². The first-order chi connectivity index (χ1) is 7.15. The molecule has 82 valence electrons. The van der Waals surface area contributed by atoms with Gasteiger partial charge in [0.25, 0.3) is 0 Å². The molecule has 2 heterocycles. The van der Waals surface area contributed by atoms with E-state index in [0.717, 1.165) is 24.3 Å². The fourth-order valence-corrected chi connectivity index (χ4v) is 3.04. The summed E-state index contributed by atoms with van der Waals surface area (Å²) in [6.45, 7) is 1.57. The smallest absolute Gasteiger partial charge is 0.316 e. The summed E-state index contributed by atoms with van der Waals surface area (Å²) in [5.41, 5.74) is 0.975. The SMILES string of the molecule is CN1CCCC(C(=O)O)(c2cncs2)C1. The number of carboxylic acid groups (broad SMARTS) is 1. The molecule has 1 saturated heterocycles. The molecular weight excluding hydrogens is 212 g/mol. The maximum atomic E-state index is 11.5. The number of likely N-dealkylation sites (N-methyl/N-ethyl adjacent to an activating group) is 1. The minimum Gasteiger partial charge on any atom is -0.481 e. The molecule has 1 fully saturated rings. The molecule has 1 atom stereocenters. The van der Waals surface area contributed by atoms with Crippen molar-refractivity contribution in [2.45, 2.75) is 18.3 Å². The number of carboxylic acids is 1. The van der Waals surface area contributed by atoms with Crippen LogP contribution in [0.1, 0.15) is 17.7 Å². The lowest BCUT2D eigenvalue weighted by molar-refractivity contribution is -0.145. The molecule has 0 aliphatic carbocycles. The lowest BCUT2D eigenvalue weighted by atomic mass is 9.79. The number of rotatable bonds is 2. The zero-order valence-corrected chi connectivity index (χ0v) is 9.46. The van der Waals surface area contributed by atoms with E-state index < -0.39 is 11.4 Å². The van der Waals surface area contributed by atoms with Gasteiger partial charge >= 0.3 is 5.97 Å². The molecule has 0 bridgehead atoms. The van der Waals surface area contributed by atoms with Gasteiger partial charge in [-0.25, -0.2) is 0 Å². The number of likely N-dealkylation sites (tertiary alicyclic amines) is 1. The normalized spacial score (nSPS) is 27.8. The molecule has 1 unspecified atom stereocenters. The van der Waals surface area contributed by atoms with Crippen molar-refractivity contribution < 1.29 is 9.90 Å². The van der Waals surface area contributed by atoms with E-state index >= 15 is 0 Å². The van der Waals surface area contributed by atoms with Gasteiger partial charge in [-0.3, -0.25) is 9.78 Å². The van der Waals surface area contributed by atoms with Crippen molar-refractivity contribution in [3.05, 3.63) is 16.6 Å². The van der Waals surface area contributed by atoms with E-state index in [1.807, 2.05) is 7.05 Å². The first-order valence-corrected chi connectivity index (χ1v) is 5.84. The van der Waals surface area contributed by atoms with Crippen molar-refractivity contribution in [1.29, 1.82) is 0 Å². The van der Waals surface area contributed by atoms with Crippen molar-refractivity contribution in [1.82, 2.24) is 9.88 Å². The van der Waals surface area contributed by atoms with Crippen LogP contribution in [-0.4, -0.2) is 41.1 Å². The van der Waals surface area contributed by atoms with Gasteiger partial charge in [0.1, 0.15) is 5.41 Å². The van der Waals surface area contributed by atoms with E-state index in [4.69, 9.17) is 0 Å². The molecule has 1 aliphatic heterocycles. The third kappa shape index (κ3) is 1.77. The topological polar surface area (TPSA) is 53.4 Å². The zero-order chi connectivity index (χ0) is 10.9. The standard InChI is InChI=1S/C10H14N2O2S/c1-12-4-2-3-10(6-12,9(13)14)8-5-11-7-15-8/h5,7H,2-4,6H2,1H3,(H,13,14). The van der Waals surface area contributed by atoms with Crippen LogP contribution in [0.25, 0.3) is 0 Å². The highest BCUT2D eigenvalue weighted by Gasteiger charge is 2.44. The van der Waals surface area contributed by atoms with Gasteiger partial charge in [0, 0.05) is 17.6 Å². The summed E-state index contributed by atoms with van der Waals surface area (Å²) >= 11 is 1.44. The molecule has 5 heteroatoms. The summed E-state index contributed by atoms with van der Waals surface area (Å²) in [6.07, 6.45) is 3.34. The van der Waals surface area contributed by atoms with E-state index in [1.54, 1.807) is 11.7 Å². The molecule has 1 aliphatic rings. The van der Waals surface area contributed by atoms with Crippen LogP contribution in [0.3, 0.4) is 0 Å². The molecule has 0 aromatic carbocycles. The molecule has 0 spiro atoms. The predicted molar refractivity (Wildman–Crippen MR) is 58.2 cm³/mol.